The van der Waals surface area contributed by atoms with Gasteiger partial charge in [0.15, 0.2) is 16.6 Å². The Morgan fingerprint density at radius 3 is 1.68 bits per heavy atom. The van der Waals surface area contributed by atoms with Crippen LogP contribution < -0.4 is 35.7 Å². The third kappa shape index (κ3) is 6.05. The van der Waals surface area contributed by atoms with Gasteiger partial charge < -0.3 is 40.2 Å². The highest BCUT2D eigenvalue weighted by Crippen LogP contribution is 2.58. The van der Waals surface area contributed by atoms with Crippen molar-refractivity contribution in [1.82, 2.24) is 0 Å². The maximum Gasteiger partial charge on any atom is 0.194 e. The Bertz CT molecular complexity index is 2500. The topological polar surface area (TPSA) is 164 Å². The van der Waals surface area contributed by atoms with Gasteiger partial charge in [0.05, 0.1) is 61.6 Å². The maximum atomic E-state index is 14.5. The molecule has 56 heavy (non-hydrogen) atoms. The van der Waals surface area contributed by atoms with E-state index < -0.39 is 11.3 Å². The number of Topliss-reactive ketones (excluding diaryl/α,β-unsaturated/α-hetero) is 1. The van der Waals surface area contributed by atoms with Crippen LogP contribution in [0.4, 0.5) is 11.4 Å². The van der Waals surface area contributed by atoms with Crippen LogP contribution in [0.15, 0.2) is 27.3 Å². The van der Waals surface area contributed by atoms with Crippen LogP contribution in [0.1, 0.15) is 95.1 Å². The van der Waals surface area contributed by atoms with Gasteiger partial charge in [-0.25, -0.2) is 0 Å². The Hall–Kier alpha value is -4.87. The molecule has 11 nitrogen and oxygen atoms in total. The van der Waals surface area contributed by atoms with Crippen molar-refractivity contribution in [2.24, 2.45) is 11.8 Å². The van der Waals surface area contributed by atoms with E-state index in [0.29, 0.717) is 96.5 Å². The minimum atomic E-state index is -0.788. The molecule has 0 saturated heterocycles. The third-order valence-electron chi connectivity index (χ3n) is 13.0. The standard InChI is InChI=1S/C45H52N2O9/c1-21-18-27-33-38-35(44(53)42(27)46-16-14-23-6-10-25(49)11-7-23)29(52)20-31(55-4)36(38)37-30(54-3)19-28(51)34-40(37)39(33)41(32(21)22(2)48)45(56-5)43(34)47-17-15-24-8-12-26(50)13-9-24/h18-20,23-26,32,46-47,49-50,53H,6-17H2,1-5H3. The zero-order valence-corrected chi connectivity index (χ0v) is 32.9. The van der Waals surface area contributed by atoms with E-state index in [1.165, 1.54) is 26.4 Å². The van der Waals surface area contributed by atoms with E-state index in [1.54, 1.807) is 14.0 Å². The number of nitrogens with one attached hydrogen (secondary N) is 2. The molecule has 0 heterocycles. The number of aliphatic hydroxyl groups is 2. The van der Waals surface area contributed by atoms with Crippen LogP contribution in [0.3, 0.4) is 0 Å². The molecular weight excluding hydrogens is 712 g/mol. The summed E-state index contributed by atoms with van der Waals surface area (Å²) >= 11 is 0. The van der Waals surface area contributed by atoms with E-state index in [1.807, 2.05) is 13.0 Å². The normalized spacial score (nSPS) is 22.5. The van der Waals surface area contributed by atoms with Crippen LogP contribution in [-0.4, -0.2) is 67.7 Å². The number of allylic oxidation sites excluding steroid dienone is 1. The summed E-state index contributed by atoms with van der Waals surface area (Å²) in [5.74, 6) is 0.640. The Balaban J connectivity index is 1.48. The van der Waals surface area contributed by atoms with Crippen LogP contribution in [0, 0.1) is 11.8 Å². The van der Waals surface area contributed by atoms with Crippen LogP contribution in [0.5, 0.6) is 23.0 Å². The highest BCUT2D eigenvalue weighted by atomic mass is 16.5. The van der Waals surface area contributed by atoms with Crippen molar-refractivity contribution in [1.29, 1.82) is 0 Å². The summed E-state index contributed by atoms with van der Waals surface area (Å²) in [4.78, 5) is 42.7. The molecule has 0 aromatic heterocycles. The zero-order valence-electron chi connectivity index (χ0n) is 32.9. The fraction of sp³-hybridized carbons (Fsp3) is 0.489. The minimum Gasteiger partial charge on any atom is -0.505 e. The molecule has 1 atom stereocenters. The van der Waals surface area contributed by atoms with E-state index in [9.17, 15) is 29.7 Å². The summed E-state index contributed by atoms with van der Waals surface area (Å²) in [6.45, 7) is 4.49. The molecule has 0 aliphatic heterocycles. The molecule has 2 fully saturated rings. The smallest absolute Gasteiger partial charge is 0.194 e. The highest BCUT2D eigenvalue weighted by molar-refractivity contribution is 6.40. The van der Waals surface area contributed by atoms with E-state index >= 15 is 0 Å². The van der Waals surface area contributed by atoms with Crippen molar-refractivity contribution in [2.45, 2.75) is 96.2 Å². The predicted molar refractivity (Wildman–Crippen MR) is 222 cm³/mol. The number of hydrogen-bond donors (Lipinski definition) is 5. The van der Waals surface area contributed by atoms with Crippen molar-refractivity contribution in [3.05, 3.63) is 49.3 Å². The van der Waals surface area contributed by atoms with Crippen LogP contribution in [0.25, 0.3) is 49.2 Å². The Morgan fingerprint density at radius 1 is 0.679 bits per heavy atom. The number of aliphatic hydroxyl groups excluding tert-OH is 2. The summed E-state index contributed by atoms with van der Waals surface area (Å²) in [6, 6.07) is 2.82. The van der Waals surface area contributed by atoms with Gasteiger partial charge in [0.1, 0.15) is 23.0 Å². The number of ketones is 1. The summed E-state index contributed by atoms with van der Waals surface area (Å²) < 4.78 is 18.2. The van der Waals surface area contributed by atoms with Crippen LogP contribution in [0.2, 0.25) is 0 Å². The number of methoxy groups -OCH3 is 3. The van der Waals surface area contributed by atoms with Gasteiger partial charge in [-0.1, -0.05) is 11.6 Å². The van der Waals surface area contributed by atoms with Gasteiger partial charge in [0, 0.05) is 63.3 Å². The third-order valence-corrected chi connectivity index (χ3v) is 13.0. The molecule has 0 spiro atoms. The lowest BCUT2D eigenvalue weighted by molar-refractivity contribution is -0.117. The van der Waals surface area contributed by atoms with Crippen LogP contribution >= 0.6 is 0 Å². The van der Waals surface area contributed by atoms with E-state index in [4.69, 9.17) is 14.2 Å². The number of benzene rings is 5. The second-order valence-electron chi connectivity index (χ2n) is 16.3. The molecule has 0 amide bonds. The monoisotopic (exact) mass is 764 g/mol. The number of fused-ring (bicyclic) bond motifs is 1. The van der Waals surface area contributed by atoms with Crippen molar-refractivity contribution in [2.75, 3.05) is 45.1 Å². The fourth-order valence-electron chi connectivity index (χ4n) is 10.3. The number of carbonyl (C=O) groups is 1. The average molecular weight is 765 g/mol. The fourth-order valence-corrected chi connectivity index (χ4v) is 10.3. The van der Waals surface area contributed by atoms with Gasteiger partial charge in [-0.05, 0) is 95.3 Å². The zero-order chi connectivity index (χ0) is 39.6. The molecule has 5 N–H and O–H groups in total. The first-order chi connectivity index (χ1) is 27.0. The number of hydrogen-bond acceptors (Lipinski definition) is 11. The molecule has 1 unspecified atom stereocenters. The van der Waals surface area contributed by atoms with Crippen LogP contribution in [-0.2, 0) is 4.79 Å². The second-order valence-corrected chi connectivity index (χ2v) is 16.3. The summed E-state index contributed by atoms with van der Waals surface area (Å²) in [5, 5.41) is 43.3. The summed E-state index contributed by atoms with van der Waals surface area (Å²) in [5.41, 5.74) is 2.04. The molecule has 5 aromatic rings. The Labute approximate surface area is 325 Å². The van der Waals surface area contributed by atoms with E-state index in [2.05, 4.69) is 10.6 Å². The van der Waals surface area contributed by atoms with Crippen molar-refractivity contribution < 1.29 is 34.3 Å². The molecule has 11 heteroatoms. The first-order valence-electron chi connectivity index (χ1n) is 20.1. The Kier molecular flexibility index (Phi) is 10.1. The molecule has 5 aromatic carbocycles. The van der Waals surface area contributed by atoms with Gasteiger partial charge >= 0.3 is 0 Å². The lowest BCUT2D eigenvalue weighted by atomic mass is 9.80. The maximum absolute atomic E-state index is 14.5. The number of aromatic hydroxyl groups is 1. The summed E-state index contributed by atoms with van der Waals surface area (Å²) in [7, 11) is 4.53. The van der Waals surface area contributed by atoms with Crippen molar-refractivity contribution in [3.63, 3.8) is 0 Å². The largest absolute Gasteiger partial charge is 0.505 e. The number of carbonyl (C=O) groups excluding carboxylic acids is 1. The number of phenols is 1. The quantitative estimate of drug-likeness (QED) is 0.0488. The first-order valence-corrected chi connectivity index (χ1v) is 20.1. The molecule has 0 bridgehead atoms. The molecule has 0 radical (unpaired) electrons. The van der Waals surface area contributed by atoms with Gasteiger partial charge in [-0.15, -0.1) is 0 Å². The molecule has 3 aliphatic rings. The first kappa shape index (κ1) is 38.0. The van der Waals surface area contributed by atoms with Crippen molar-refractivity contribution >= 4 is 66.3 Å². The van der Waals surface area contributed by atoms with E-state index in [0.717, 1.165) is 64.2 Å². The molecule has 8 rings (SSSR count). The number of anilines is 2. The number of ether oxygens (including phenoxy) is 3. The SMILES string of the molecule is COc1c(NCCC2CCC(O)CC2)c2c(=O)cc(OC)c3c4c(OC)cc(=O)c5c(O)c(NCCC6CCC(O)CC6)c6c(c(c1C(C(C)=O)C(C)=C6)c23)c54. The Morgan fingerprint density at radius 2 is 1.18 bits per heavy atom. The van der Waals surface area contributed by atoms with Gasteiger partial charge in [-0.3, -0.25) is 14.4 Å². The molecule has 296 valence electrons. The van der Waals surface area contributed by atoms with E-state index in [-0.39, 0.29) is 46.1 Å². The molecule has 3 aliphatic carbocycles. The summed E-state index contributed by atoms with van der Waals surface area (Å²) in [6.07, 6.45) is 9.78. The van der Waals surface area contributed by atoms with Gasteiger partial charge in [0.2, 0.25) is 0 Å². The molecular formula is C45H52N2O9. The minimum absolute atomic E-state index is 0.104. The molecule has 2 saturated carbocycles. The number of phenolic OH excluding ortho intramolecular Hbond substituents is 1. The van der Waals surface area contributed by atoms with Gasteiger partial charge in [0.25, 0.3) is 0 Å². The second kappa shape index (κ2) is 14.9. The van der Waals surface area contributed by atoms with Crippen molar-refractivity contribution in [3.8, 4) is 23.0 Å². The lowest BCUT2D eigenvalue weighted by Gasteiger charge is -2.28. The van der Waals surface area contributed by atoms with Gasteiger partial charge in [-0.2, -0.15) is 0 Å². The highest BCUT2D eigenvalue weighted by Gasteiger charge is 2.37. The number of rotatable bonds is 12. The average Bonchev–Trinajstić information content (AvgIpc) is 3.31. The predicted octanol–water partition coefficient (Wildman–Crippen LogP) is 7.42. The lowest BCUT2D eigenvalue weighted by Crippen LogP contribution is -2.21.